The number of nitrogens with two attached hydrogens (primary N) is 1. The van der Waals surface area contributed by atoms with Crippen molar-refractivity contribution < 1.29 is 4.74 Å². The number of nitrogen functional groups attached to an aromatic ring is 1. The molecule has 0 saturated heterocycles. The Bertz CT molecular complexity index is 601. The Morgan fingerprint density at radius 1 is 1.42 bits per heavy atom. The highest BCUT2D eigenvalue weighted by Gasteiger charge is 2.12. The van der Waals surface area contributed by atoms with Crippen LogP contribution in [0.1, 0.15) is 31.0 Å². The molecule has 5 nitrogen and oxygen atoms in total. The summed E-state index contributed by atoms with van der Waals surface area (Å²) in [5.41, 5.74) is 7.10. The maximum Gasteiger partial charge on any atom is 0.165 e. The summed E-state index contributed by atoms with van der Waals surface area (Å²) in [6.45, 7) is 6.02. The minimum Gasteiger partial charge on any atom is -0.453 e. The molecule has 3 N–H and O–H groups in total. The van der Waals surface area contributed by atoms with Gasteiger partial charge in [-0.2, -0.15) is 5.10 Å². The predicted molar refractivity (Wildman–Crippen MR) is 74.9 cm³/mol. The topological polar surface area (TPSA) is 76.9 Å². The Hall–Kier alpha value is -2.30. The molecule has 19 heavy (non-hydrogen) atoms. The molecule has 2 rings (SSSR count). The minimum atomic E-state index is -0.00467. The lowest BCUT2D eigenvalue weighted by Gasteiger charge is -2.11. The smallest absolute Gasteiger partial charge is 0.165 e. The lowest BCUT2D eigenvalue weighted by molar-refractivity contribution is 0.472. The van der Waals surface area contributed by atoms with Gasteiger partial charge in [-0.05, 0) is 32.4 Å². The summed E-state index contributed by atoms with van der Waals surface area (Å²) < 4.78 is 7.65. The van der Waals surface area contributed by atoms with Crippen LogP contribution in [0.4, 0.5) is 0 Å². The number of ether oxygens (including phenoxy) is 1. The molecule has 0 radical (unpaired) electrons. The summed E-state index contributed by atoms with van der Waals surface area (Å²) >= 11 is 0. The largest absolute Gasteiger partial charge is 0.453 e. The van der Waals surface area contributed by atoms with Crippen LogP contribution in [0.15, 0.2) is 30.6 Å². The van der Waals surface area contributed by atoms with Crippen molar-refractivity contribution in [2.45, 2.75) is 26.8 Å². The molecular weight excluding hydrogens is 240 g/mol. The summed E-state index contributed by atoms with van der Waals surface area (Å²) in [5, 5.41) is 11.8. The number of nitrogens with zero attached hydrogens (tertiary/aromatic N) is 2. The first kappa shape index (κ1) is 13.1. The van der Waals surface area contributed by atoms with Gasteiger partial charge in [-0.3, -0.25) is 10.1 Å². The zero-order chi connectivity index (χ0) is 14.0. The second-order valence-electron chi connectivity index (χ2n) is 4.72. The predicted octanol–water partition coefficient (Wildman–Crippen LogP) is 2.85. The Balaban J connectivity index is 2.34. The fourth-order valence-electron chi connectivity index (χ4n) is 1.77. The van der Waals surface area contributed by atoms with E-state index >= 15 is 0 Å². The fraction of sp³-hybridized carbons (Fsp3) is 0.286. The van der Waals surface area contributed by atoms with E-state index in [-0.39, 0.29) is 11.9 Å². The molecule has 1 aromatic heterocycles. The molecule has 0 aliphatic carbocycles. The van der Waals surface area contributed by atoms with E-state index in [0.29, 0.717) is 17.1 Å². The molecule has 0 spiro atoms. The van der Waals surface area contributed by atoms with Crippen LogP contribution in [-0.2, 0) is 0 Å². The average molecular weight is 258 g/mol. The first-order chi connectivity index (χ1) is 8.99. The average Bonchev–Trinajstić information content (AvgIpc) is 2.80. The van der Waals surface area contributed by atoms with Gasteiger partial charge in [-0.1, -0.05) is 12.1 Å². The number of aromatic nitrogens is 2. The van der Waals surface area contributed by atoms with E-state index in [1.165, 1.54) is 0 Å². The summed E-state index contributed by atoms with van der Waals surface area (Å²) in [6, 6.07) is 5.84. The van der Waals surface area contributed by atoms with Crippen molar-refractivity contribution in [2.24, 2.45) is 5.73 Å². The van der Waals surface area contributed by atoms with Gasteiger partial charge in [0.1, 0.15) is 11.6 Å². The van der Waals surface area contributed by atoms with Crippen LogP contribution in [0.25, 0.3) is 0 Å². The molecule has 0 fully saturated rings. The van der Waals surface area contributed by atoms with E-state index in [4.69, 9.17) is 15.9 Å². The Kier molecular flexibility index (Phi) is 3.55. The first-order valence-corrected chi connectivity index (χ1v) is 6.15. The number of para-hydroxylation sites is 1. The van der Waals surface area contributed by atoms with Gasteiger partial charge in [-0.15, -0.1) is 0 Å². The quantitative estimate of drug-likeness (QED) is 0.654. The highest BCUT2D eigenvalue weighted by molar-refractivity contribution is 5.98. The van der Waals surface area contributed by atoms with Gasteiger partial charge in [0.15, 0.2) is 5.75 Å². The molecule has 0 bridgehead atoms. The maximum atomic E-state index is 7.59. The van der Waals surface area contributed by atoms with Gasteiger partial charge in [0.25, 0.3) is 0 Å². The van der Waals surface area contributed by atoms with Gasteiger partial charge in [-0.25, -0.2) is 0 Å². The Morgan fingerprint density at radius 2 is 2.16 bits per heavy atom. The van der Waals surface area contributed by atoms with E-state index < -0.39 is 0 Å². The van der Waals surface area contributed by atoms with Gasteiger partial charge in [0, 0.05) is 6.04 Å². The van der Waals surface area contributed by atoms with Crippen molar-refractivity contribution in [3.05, 3.63) is 41.7 Å². The molecule has 0 aliphatic heterocycles. The summed E-state index contributed by atoms with van der Waals surface area (Å²) in [6.07, 6.45) is 3.50. The molecular formula is C14H18N4O. The highest BCUT2D eigenvalue weighted by atomic mass is 16.5. The Labute approximate surface area is 112 Å². The zero-order valence-corrected chi connectivity index (χ0v) is 11.3. The minimum absolute atomic E-state index is 0.00467. The molecule has 5 heteroatoms. The number of amidine groups is 1. The first-order valence-electron chi connectivity index (χ1n) is 6.15. The third-order valence-corrected chi connectivity index (χ3v) is 2.83. The van der Waals surface area contributed by atoms with Crippen LogP contribution in [0.3, 0.4) is 0 Å². The van der Waals surface area contributed by atoms with Gasteiger partial charge in [0.05, 0.1) is 18.0 Å². The SMILES string of the molecule is Cc1cccc(C(=N)N)c1Oc1cnn(C(C)C)c1. The zero-order valence-electron chi connectivity index (χ0n) is 11.3. The molecule has 0 unspecified atom stereocenters. The monoisotopic (exact) mass is 258 g/mol. The van der Waals surface area contributed by atoms with Gasteiger partial charge < -0.3 is 10.5 Å². The summed E-state index contributed by atoms with van der Waals surface area (Å²) in [5.74, 6) is 1.25. The van der Waals surface area contributed by atoms with E-state index in [0.717, 1.165) is 5.56 Å². The van der Waals surface area contributed by atoms with E-state index in [1.54, 1.807) is 12.3 Å². The molecule has 1 aromatic carbocycles. The van der Waals surface area contributed by atoms with Crippen LogP contribution in [-0.4, -0.2) is 15.6 Å². The molecule has 1 heterocycles. The molecule has 0 saturated carbocycles. The van der Waals surface area contributed by atoms with Crippen molar-refractivity contribution >= 4 is 5.84 Å². The van der Waals surface area contributed by atoms with Crippen molar-refractivity contribution in [2.75, 3.05) is 0 Å². The van der Waals surface area contributed by atoms with Crippen molar-refractivity contribution in [1.82, 2.24) is 9.78 Å². The molecule has 0 atom stereocenters. The number of nitrogens with one attached hydrogen (secondary N) is 1. The van der Waals surface area contributed by atoms with Gasteiger partial charge in [0.2, 0.25) is 0 Å². The van der Waals surface area contributed by atoms with E-state index in [2.05, 4.69) is 5.10 Å². The molecule has 0 amide bonds. The fourth-order valence-corrected chi connectivity index (χ4v) is 1.77. The van der Waals surface area contributed by atoms with E-state index in [9.17, 15) is 0 Å². The number of hydrogen-bond acceptors (Lipinski definition) is 3. The highest BCUT2D eigenvalue weighted by Crippen LogP contribution is 2.28. The summed E-state index contributed by atoms with van der Waals surface area (Å²) in [4.78, 5) is 0. The van der Waals surface area contributed by atoms with E-state index in [1.807, 2.05) is 43.8 Å². The maximum absolute atomic E-state index is 7.59. The number of benzene rings is 1. The van der Waals surface area contributed by atoms with Crippen LogP contribution in [0, 0.1) is 12.3 Å². The number of aryl methyl sites for hydroxylation is 1. The van der Waals surface area contributed by atoms with Gasteiger partial charge >= 0.3 is 0 Å². The normalized spacial score (nSPS) is 10.7. The van der Waals surface area contributed by atoms with Crippen LogP contribution in [0.5, 0.6) is 11.5 Å². The van der Waals surface area contributed by atoms with Crippen molar-refractivity contribution in [3.63, 3.8) is 0 Å². The number of hydrogen-bond donors (Lipinski definition) is 2. The van der Waals surface area contributed by atoms with Crippen molar-refractivity contribution in [1.29, 1.82) is 5.41 Å². The van der Waals surface area contributed by atoms with Crippen LogP contribution < -0.4 is 10.5 Å². The lowest BCUT2D eigenvalue weighted by Crippen LogP contribution is -2.12. The number of rotatable bonds is 4. The molecule has 0 aliphatic rings. The Morgan fingerprint density at radius 3 is 2.74 bits per heavy atom. The lowest BCUT2D eigenvalue weighted by atomic mass is 10.1. The summed E-state index contributed by atoms with van der Waals surface area (Å²) in [7, 11) is 0. The third kappa shape index (κ3) is 2.76. The third-order valence-electron chi connectivity index (χ3n) is 2.83. The second-order valence-corrected chi connectivity index (χ2v) is 4.72. The van der Waals surface area contributed by atoms with Crippen LogP contribution in [0.2, 0.25) is 0 Å². The molecule has 2 aromatic rings. The standard InChI is InChI=1S/C14H18N4O/c1-9(2)18-8-11(7-17-18)19-13-10(3)5-4-6-12(13)14(15)16/h4-9H,1-3H3,(H3,15,16). The second kappa shape index (κ2) is 5.14. The van der Waals surface area contributed by atoms with Crippen LogP contribution >= 0.6 is 0 Å². The molecule has 100 valence electrons. The van der Waals surface area contributed by atoms with Crippen molar-refractivity contribution in [3.8, 4) is 11.5 Å².